The largest absolute Gasteiger partial charge is 0.481 e. The second-order valence-corrected chi connectivity index (χ2v) is 6.12. The van der Waals surface area contributed by atoms with Crippen LogP contribution in [0.1, 0.15) is 28.8 Å². The molecule has 21 heavy (non-hydrogen) atoms. The second kappa shape index (κ2) is 5.13. The number of carboxylic acids is 1. The van der Waals surface area contributed by atoms with Crippen LogP contribution in [0.15, 0.2) is 18.2 Å². The minimum Gasteiger partial charge on any atom is -0.481 e. The predicted octanol–water partition coefficient (Wildman–Crippen LogP) is 2.32. The van der Waals surface area contributed by atoms with Gasteiger partial charge >= 0.3 is 5.97 Å². The third-order valence-electron chi connectivity index (χ3n) is 4.62. The zero-order valence-electron chi connectivity index (χ0n) is 11.9. The second-order valence-electron chi connectivity index (χ2n) is 6.12. The molecule has 1 saturated heterocycles. The van der Waals surface area contributed by atoms with Gasteiger partial charge in [-0.2, -0.15) is 0 Å². The van der Waals surface area contributed by atoms with Crippen LogP contribution in [0.4, 0.5) is 4.39 Å². The van der Waals surface area contributed by atoms with E-state index in [4.69, 9.17) is 0 Å². The molecule has 5 heteroatoms. The van der Waals surface area contributed by atoms with Crippen LogP contribution in [0.2, 0.25) is 0 Å². The lowest BCUT2D eigenvalue weighted by molar-refractivity contribution is -0.142. The van der Waals surface area contributed by atoms with Gasteiger partial charge in [0.15, 0.2) is 0 Å². The lowest BCUT2D eigenvalue weighted by atomic mass is 9.92. The van der Waals surface area contributed by atoms with E-state index in [1.165, 1.54) is 18.2 Å². The normalized spacial score (nSPS) is 25.1. The summed E-state index contributed by atoms with van der Waals surface area (Å²) in [6.07, 6.45) is 2.12. The molecule has 2 atom stereocenters. The number of carbonyl (C=O) groups excluding carboxylic acids is 1. The summed E-state index contributed by atoms with van der Waals surface area (Å²) in [5, 5.41) is 9.33. The molecule has 0 unspecified atom stereocenters. The van der Waals surface area contributed by atoms with Crippen LogP contribution in [0.5, 0.6) is 0 Å². The number of carboxylic acid groups (broad SMARTS) is 1. The number of hydrogen-bond donors (Lipinski definition) is 1. The van der Waals surface area contributed by atoms with Crippen LogP contribution >= 0.6 is 0 Å². The quantitative estimate of drug-likeness (QED) is 0.929. The maximum absolute atomic E-state index is 13.1. The maximum Gasteiger partial charge on any atom is 0.308 e. The standard InChI is InChI=1S/C16H18FNO3/c1-9-6-11(17)4-5-12(9)15(19)18-7-13(10-2-3-10)14(8-18)16(20)21/h4-6,10,13-14H,2-3,7-8H2,1H3,(H,20,21)/t13-,14+/m1/s1. The summed E-state index contributed by atoms with van der Waals surface area (Å²) in [6.45, 7) is 2.45. The number of aliphatic carboxylic acids is 1. The van der Waals surface area contributed by atoms with E-state index in [1.54, 1.807) is 11.8 Å². The average Bonchev–Trinajstić information content (AvgIpc) is 3.16. The van der Waals surface area contributed by atoms with Gasteiger partial charge in [0.25, 0.3) is 5.91 Å². The van der Waals surface area contributed by atoms with Gasteiger partial charge in [-0.1, -0.05) is 0 Å². The van der Waals surface area contributed by atoms with Gasteiger partial charge in [-0.25, -0.2) is 4.39 Å². The molecule has 1 aliphatic carbocycles. The van der Waals surface area contributed by atoms with E-state index in [0.717, 1.165) is 12.8 Å². The molecule has 1 amide bonds. The Hall–Kier alpha value is -1.91. The average molecular weight is 291 g/mol. The molecular weight excluding hydrogens is 273 g/mol. The Morgan fingerprint density at radius 3 is 2.57 bits per heavy atom. The van der Waals surface area contributed by atoms with Crippen molar-refractivity contribution in [1.29, 1.82) is 0 Å². The van der Waals surface area contributed by atoms with Crippen molar-refractivity contribution in [2.45, 2.75) is 19.8 Å². The van der Waals surface area contributed by atoms with Gasteiger partial charge in [-0.15, -0.1) is 0 Å². The number of aryl methyl sites for hydroxylation is 1. The molecule has 1 saturated carbocycles. The van der Waals surface area contributed by atoms with E-state index in [1.807, 2.05) is 0 Å². The molecule has 2 fully saturated rings. The molecule has 0 bridgehead atoms. The van der Waals surface area contributed by atoms with Gasteiger partial charge in [0.05, 0.1) is 5.92 Å². The van der Waals surface area contributed by atoms with E-state index < -0.39 is 11.9 Å². The highest BCUT2D eigenvalue weighted by Crippen LogP contribution is 2.44. The Bertz CT molecular complexity index is 597. The Balaban J connectivity index is 1.80. The highest BCUT2D eigenvalue weighted by molar-refractivity contribution is 5.96. The molecule has 1 aromatic carbocycles. The number of halogens is 1. The topological polar surface area (TPSA) is 57.6 Å². The molecule has 2 aliphatic rings. The molecule has 1 N–H and O–H groups in total. The number of amides is 1. The Morgan fingerprint density at radius 2 is 2.00 bits per heavy atom. The van der Waals surface area contributed by atoms with Gasteiger partial charge in [-0.05, 0) is 55.4 Å². The minimum absolute atomic E-state index is 0.0622. The summed E-state index contributed by atoms with van der Waals surface area (Å²) >= 11 is 0. The van der Waals surface area contributed by atoms with Crippen molar-refractivity contribution in [3.05, 3.63) is 35.1 Å². The first-order chi connectivity index (χ1) is 9.97. The zero-order valence-corrected chi connectivity index (χ0v) is 11.9. The van der Waals surface area contributed by atoms with Crippen molar-refractivity contribution in [2.24, 2.45) is 17.8 Å². The fraction of sp³-hybridized carbons (Fsp3) is 0.500. The van der Waals surface area contributed by atoms with Crippen molar-refractivity contribution in [3.8, 4) is 0 Å². The van der Waals surface area contributed by atoms with Crippen molar-refractivity contribution in [2.75, 3.05) is 13.1 Å². The van der Waals surface area contributed by atoms with Crippen LogP contribution in [0, 0.1) is 30.5 Å². The van der Waals surface area contributed by atoms with Crippen molar-refractivity contribution >= 4 is 11.9 Å². The Labute approximate surface area is 122 Å². The molecule has 1 heterocycles. The number of nitrogens with zero attached hydrogens (tertiary/aromatic N) is 1. The molecule has 112 valence electrons. The summed E-state index contributed by atoms with van der Waals surface area (Å²) in [5.41, 5.74) is 1.04. The predicted molar refractivity (Wildman–Crippen MR) is 74.4 cm³/mol. The number of rotatable bonds is 3. The third-order valence-corrected chi connectivity index (χ3v) is 4.62. The van der Waals surface area contributed by atoms with Crippen LogP contribution in [0.25, 0.3) is 0 Å². The van der Waals surface area contributed by atoms with E-state index in [-0.39, 0.29) is 24.2 Å². The lowest BCUT2D eigenvalue weighted by Gasteiger charge is -2.17. The third kappa shape index (κ3) is 2.64. The maximum atomic E-state index is 13.1. The first-order valence-corrected chi connectivity index (χ1v) is 7.25. The number of hydrogen-bond acceptors (Lipinski definition) is 2. The zero-order chi connectivity index (χ0) is 15.1. The van der Waals surface area contributed by atoms with Crippen molar-refractivity contribution in [1.82, 2.24) is 4.90 Å². The van der Waals surface area contributed by atoms with Crippen LogP contribution in [-0.2, 0) is 4.79 Å². The van der Waals surface area contributed by atoms with Gasteiger partial charge in [0.1, 0.15) is 5.82 Å². The van der Waals surface area contributed by atoms with Gasteiger partial charge in [0, 0.05) is 18.7 Å². The Kier molecular flexibility index (Phi) is 3.43. The smallest absolute Gasteiger partial charge is 0.308 e. The molecular formula is C16H18FNO3. The lowest BCUT2D eigenvalue weighted by Crippen LogP contribution is -2.30. The SMILES string of the molecule is Cc1cc(F)ccc1C(=O)N1C[C@H](C(=O)O)[C@@H](C2CC2)C1. The van der Waals surface area contributed by atoms with Crippen LogP contribution in [0.3, 0.4) is 0 Å². The number of carbonyl (C=O) groups is 2. The van der Waals surface area contributed by atoms with E-state index in [0.29, 0.717) is 23.6 Å². The first-order valence-electron chi connectivity index (χ1n) is 7.25. The van der Waals surface area contributed by atoms with Crippen LogP contribution < -0.4 is 0 Å². The summed E-state index contributed by atoms with van der Waals surface area (Å²) in [4.78, 5) is 25.5. The first kappa shape index (κ1) is 14.0. The van der Waals surface area contributed by atoms with Crippen molar-refractivity contribution < 1.29 is 19.1 Å². The molecule has 0 spiro atoms. The summed E-state index contributed by atoms with van der Waals surface area (Å²) in [6, 6.07) is 4.08. The van der Waals surface area contributed by atoms with Gasteiger partial charge in [0.2, 0.25) is 0 Å². The van der Waals surface area contributed by atoms with Gasteiger partial charge in [-0.3, -0.25) is 9.59 Å². The van der Waals surface area contributed by atoms with Crippen molar-refractivity contribution in [3.63, 3.8) is 0 Å². The fourth-order valence-corrected chi connectivity index (χ4v) is 3.30. The molecule has 4 nitrogen and oxygen atoms in total. The Morgan fingerprint density at radius 1 is 1.29 bits per heavy atom. The summed E-state index contributed by atoms with van der Waals surface area (Å²) in [7, 11) is 0. The summed E-state index contributed by atoms with van der Waals surface area (Å²) in [5.74, 6) is -1.35. The fourth-order valence-electron chi connectivity index (χ4n) is 3.30. The van der Waals surface area contributed by atoms with E-state index >= 15 is 0 Å². The van der Waals surface area contributed by atoms with E-state index in [9.17, 15) is 19.1 Å². The molecule has 0 radical (unpaired) electrons. The molecule has 1 aliphatic heterocycles. The highest BCUT2D eigenvalue weighted by atomic mass is 19.1. The number of benzene rings is 1. The summed E-state index contributed by atoms with van der Waals surface area (Å²) < 4.78 is 13.1. The molecule has 1 aromatic rings. The monoisotopic (exact) mass is 291 g/mol. The molecule has 0 aromatic heterocycles. The van der Waals surface area contributed by atoms with E-state index in [2.05, 4.69) is 0 Å². The minimum atomic E-state index is -0.821. The molecule has 3 rings (SSSR count). The number of likely N-dealkylation sites (tertiary alicyclic amines) is 1. The highest BCUT2D eigenvalue weighted by Gasteiger charge is 2.47. The van der Waals surface area contributed by atoms with Gasteiger partial charge < -0.3 is 10.0 Å². The van der Waals surface area contributed by atoms with Crippen LogP contribution in [-0.4, -0.2) is 35.0 Å².